The fraction of sp³-hybridized carbons (Fsp3) is 0.0667. The molecule has 5 heteroatoms. The summed E-state index contributed by atoms with van der Waals surface area (Å²) in [5.74, 6) is 0. The number of anilines is 2. The van der Waals surface area contributed by atoms with Crippen molar-refractivity contribution in [2.75, 3.05) is 10.6 Å². The molecule has 0 atom stereocenters. The summed E-state index contributed by atoms with van der Waals surface area (Å²) in [6, 6.07) is 13.7. The number of carbonyl (C=O) groups excluding carboxylic acids is 1. The molecule has 0 aliphatic rings. The fourth-order valence-corrected chi connectivity index (χ4v) is 1.87. The maximum atomic E-state index is 11.9. The van der Waals surface area contributed by atoms with E-state index in [0.29, 0.717) is 22.0 Å². The van der Waals surface area contributed by atoms with Crippen LogP contribution >= 0.6 is 11.6 Å². The monoisotopic (exact) mass is 285 g/mol. The molecule has 2 amide bonds. The molecule has 0 heterocycles. The van der Waals surface area contributed by atoms with Crippen LogP contribution in [0.5, 0.6) is 0 Å². The summed E-state index contributed by atoms with van der Waals surface area (Å²) >= 11 is 5.89. The number of hydrogen-bond donors (Lipinski definition) is 2. The lowest BCUT2D eigenvalue weighted by Crippen LogP contribution is -2.20. The number of amides is 2. The van der Waals surface area contributed by atoms with Crippen molar-refractivity contribution in [2.45, 2.75) is 6.92 Å². The average Bonchev–Trinajstić information content (AvgIpc) is 2.43. The van der Waals surface area contributed by atoms with E-state index in [-0.39, 0.29) is 0 Å². The lowest BCUT2D eigenvalue weighted by molar-refractivity contribution is 0.262. The first-order valence-electron chi connectivity index (χ1n) is 5.93. The third kappa shape index (κ3) is 3.28. The number of aryl methyl sites for hydroxylation is 1. The Morgan fingerprint density at radius 1 is 1.15 bits per heavy atom. The second-order valence-corrected chi connectivity index (χ2v) is 4.63. The lowest BCUT2D eigenvalue weighted by atomic mass is 10.2. The van der Waals surface area contributed by atoms with Gasteiger partial charge in [-0.15, -0.1) is 0 Å². The zero-order chi connectivity index (χ0) is 14.5. The molecule has 0 bridgehead atoms. The minimum atomic E-state index is -0.418. The summed E-state index contributed by atoms with van der Waals surface area (Å²) in [7, 11) is 0. The van der Waals surface area contributed by atoms with Gasteiger partial charge in [0.15, 0.2) is 0 Å². The van der Waals surface area contributed by atoms with Gasteiger partial charge in [0, 0.05) is 10.7 Å². The topological polar surface area (TPSA) is 64.9 Å². The Bertz CT molecular complexity index is 692. The zero-order valence-corrected chi connectivity index (χ0v) is 11.5. The molecular weight excluding hydrogens is 274 g/mol. The van der Waals surface area contributed by atoms with E-state index in [0.717, 1.165) is 5.56 Å². The fourth-order valence-electron chi connectivity index (χ4n) is 1.69. The summed E-state index contributed by atoms with van der Waals surface area (Å²) < 4.78 is 0. The van der Waals surface area contributed by atoms with Crippen molar-refractivity contribution in [2.24, 2.45) is 0 Å². The summed E-state index contributed by atoms with van der Waals surface area (Å²) in [5.41, 5.74) is 2.40. The van der Waals surface area contributed by atoms with Gasteiger partial charge in [0.1, 0.15) is 6.07 Å². The van der Waals surface area contributed by atoms with Gasteiger partial charge in [-0.2, -0.15) is 5.26 Å². The molecule has 2 aromatic carbocycles. The van der Waals surface area contributed by atoms with Gasteiger partial charge in [-0.3, -0.25) is 0 Å². The molecule has 2 aromatic rings. The molecule has 0 saturated carbocycles. The first kappa shape index (κ1) is 13.9. The van der Waals surface area contributed by atoms with Gasteiger partial charge in [-0.25, -0.2) is 4.79 Å². The Morgan fingerprint density at radius 2 is 1.85 bits per heavy atom. The van der Waals surface area contributed by atoms with Gasteiger partial charge in [-0.1, -0.05) is 29.8 Å². The van der Waals surface area contributed by atoms with Crippen molar-refractivity contribution in [1.29, 1.82) is 5.26 Å². The average molecular weight is 286 g/mol. The van der Waals surface area contributed by atoms with Crippen molar-refractivity contribution in [3.8, 4) is 6.07 Å². The van der Waals surface area contributed by atoms with E-state index in [1.54, 1.807) is 36.4 Å². The lowest BCUT2D eigenvalue weighted by Gasteiger charge is -2.11. The highest BCUT2D eigenvalue weighted by Gasteiger charge is 2.08. The van der Waals surface area contributed by atoms with Crippen LogP contribution < -0.4 is 10.6 Å². The third-order valence-corrected chi connectivity index (χ3v) is 2.98. The molecule has 0 aromatic heterocycles. The van der Waals surface area contributed by atoms with Crippen LogP contribution in [0.15, 0.2) is 42.5 Å². The molecule has 100 valence electrons. The number of nitrogens with one attached hydrogen (secondary N) is 2. The van der Waals surface area contributed by atoms with Gasteiger partial charge in [-0.05, 0) is 36.8 Å². The number of rotatable bonds is 2. The second-order valence-electron chi connectivity index (χ2n) is 4.20. The van der Waals surface area contributed by atoms with E-state index in [2.05, 4.69) is 10.6 Å². The number of carbonyl (C=O) groups is 1. The maximum absolute atomic E-state index is 11.9. The van der Waals surface area contributed by atoms with E-state index in [1.807, 2.05) is 19.1 Å². The second kappa shape index (κ2) is 6.09. The van der Waals surface area contributed by atoms with Crippen LogP contribution in [0.25, 0.3) is 0 Å². The number of nitriles is 1. The standard InChI is InChI=1S/C15H12ClN3O/c1-10-6-7-12(16)8-14(10)19-15(20)18-13-5-3-2-4-11(13)9-17/h2-8H,1H3,(H2,18,19,20). The normalized spacial score (nSPS) is 9.65. The number of hydrogen-bond acceptors (Lipinski definition) is 2. The summed E-state index contributed by atoms with van der Waals surface area (Å²) in [5, 5.41) is 14.9. The largest absolute Gasteiger partial charge is 0.323 e. The molecule has 0 spiro atoms. The van der Waals surface area contributed by atoms with Crippen molar-refractivity contribution in [3.63, 3.8) is 0 Å². The third-order valence-electron chi connectivity index (χ3n) is 2.74. The van der Waals surface area contributed by atoms with Crippen LogP contribution in [-0.4, -0.2) is 6.03 Å². The van der Waals surface area contributed by atoms with Gasteiger partial charge < -0.3 is 10.6 Å². The highest BCUT2D eigenvalue weighted by molar-refractivity contribution is 6.31. The highest BCUT2D eigenvalue weighted by Crippen LogP contribution is 2.21. The van der Waals surface area contributed by atoms with E-state index >= 15 is 0 Å². The predicted molar refractivity (Wildman–Crippen MR) is 80.0 cm³/mol. The van der Waals surface area contributed by atoms with Crippen LogP contribution in [-0.2, 0) is 0 Å². The van der Waals surface area contributed by atoms with E-state index < -0.39 is 6.03 Å². The molecule has 2 N–H and O–H groups in total. The Balaban J connectivity index is 2.14. The van der Waals surface area contributed by atoms with Crippen LogP contribution in [0.2, 0.25) is 5.02 Å². The smallest absolute Gasteiger partial charge is 0.307 e. The Hall–Kier alpha value is -2.51. The molecule has 0 aliphatic carbocycles. The summed E-state index contributed by atoms with van der Waals surface area (Å²) in [6.07, 6.45) is 0. The van der Waals surface area contributed by atoms with Gasteiger partial charge in [0.05, 0.1) is 11.3 Å². The molecule has 2 rings (SSSR count). The minimum absolute atomic E-state index is 0.408. The van der Waals surface area contributed by atoms with E-state index in [9.17, 15) is 4.79 Å². The Labute approximate surface area is 122 Å². The van der Waals surface area contributed by atoms with Crippen molar-refractivity contribution in [1.82, 2.24) is 0 Å². The van der Waals surface area contributed by atoms with Crippen LogP contribution in [0, 0.1) is 18.3 Å². The zero-order valence-electron chi connectivity index (χ0n) is 10.8. The van der Waals surface area contributed by atoms with E-state index in [4.69, 9.17) is 16.9 Å². The van der Waals surface area contributed by atoms with Crippen LogP contribution in [0.4, 0.5) is 16.2 Å². The van der Waals surface area contributed by atoms with Crippen molar-refractivity contribution < 1.29 is 4.79 Å². The molecule has 20 heavy (non-hydrogen) atoms. The molecule has 0 saturated heterocycles. The van der Waals surface area contributed by atoms with Gasteiger partial charge in [0.2, 0.25) is 0 Å². The molecule has 0 aliphatic heterocycles. The molecule has 0 fully saturated rings. The Kier molecular flexibility index (Phi) is 4.24. The number of urea groups is 1. The van der Waals surface area contributed by atoms with E-state index in [1.165, 1.54) is 0 Å². The molecular formula is C15H12ClN3O. The van der Waals surface area contributed by atoms with Crippen LogP contribution in [0.3, 0.4) is 0 Å². The molecule has 0 unspecified atom stereocenters. The van der Waals surface area contributed by atoms with Crippen LogP contribution in [0.1, 0.15) is 11.1 Å². The highest BCUT2D eigenvalue weighted by atomic mass is 35.5. The summed E-state index contributed by atoms with van der Waals surface area (Å²) in [6.45, 7) is 1.87. The first-order valence-corrected chi connectivity index (χ1v) is 6.31. The quantitative estimate of drug-likeness (QED) is 0.870. The predicted octanol–water partition coefficient (Wildman–Crippen LogP) is 4.16. The number of halogens is 1. The van der Waals surface area contributed by atoms with Gasteiger partial charge in [0.25, 0.3) is 0 Å². The maximum Gasteiger partial charge on any atom is 0.323 e. The number of para-hydroxylation sites is 1. The Morgan fingerprint density at radius 3 is 2.60 bits per heavy atom. The van der Waals surface area contributed by atoms with Crippen molar-refractivity contribution >= 4 is 29.0 Å². The van der Waals surface area contributed by atoms with Crippen molar-refractivity contribution in [3.05, 3.63) is 58.6 Å². The number of nitrogens with zero attached hydrogens (tertiary/aromatic N) is 1. The first-order chi connectivity index (χ1) is 9.60. The summed E-state index contributed by atoms with van der Waals surface area (Å²) in [4.78, 5) is 11.9. The molecule has 4 nitrogen and oxygen atoms in total. The minimum Gasteiger partial charge on any atom is -0.307 e. The van der Waals surface area contributed by atoms with Gasteiger partial charge >= 0.3 is 6.03 Å². The number of benzene rings is 2. The molecule has 0 radical (unpaired) electrons. The SMILES string of the molecule is Cc1ccc(Cl)cc1NC(=O)Nc1ccccc1C#N.